The summed E-state index contributed by atoms with van der Waals surface area (Å²) in [7, 11) is 3.95. The third-order valence-electron chi connectivity index (χ3n) is 2.89. The van der Waals surface area contributed by atoms with E-state index < -0.39 is 0 Å². The summed E-state index contributed by atoms with van der Waals surface area (Å²) in [6.45, 7) is 1.32. The Kier molecular flexibility index (Phi) is 3.69. The van der Waals surface area contributed by atoms with Crippen molar-refractivity contribution in [2.45, 2.75) is 6.42 Å². The van der Waals surface area contributed by atoms with Crippen molar-refractivity contribution < 1.29 is 9.53 Å². The van der Waals surface area contributed by atoms with Crippen LogP contribution < -0.4 is 4.74 Å². The summed E-state index contributed by atoms with van der Waals surface area (Å²) in [5, 5.41) is 0.600. The van der Waals surface area contributed by atoms with E-state index in [4.69, 9.17) is 16.3 Å². The summed E-state index contributed by atoms with van der Waals surface area (Å²) < 4.78 is 5.59. The van der Waals surface area contributed by atoms with E-state index in [0.29, 0.717) is 22.9 Å². The van der Waals surface area contributed by atoms with Gasteiger partial charge in [-0.15, -0.1) is 0 Å². The van der Waals surface area contributed by atoms with Gasteiger partial charge in [0.1, 0.15) is 5.75 Å². The average molecular weight is 254 g/mol. The van der Waals surface area contributed by atoms with Crippen LogP contribution in [-0.4, -0.2) is 37.9 Å². The number of halogens is 1. The van der Waals surface area contributed by atoms with E-state index in [-0.39, 0.29) is 11.7 Å². The molecule has 0 radical (unpaired) electrons. The van der Waals surface area contributed by atoms with E-state index in [1.165, 1.54) is 0 Å². The Morgan fingerprint density at radius 1 is 1.47 bits per heavy atom. The maximum atomic E-state index is 12.3. The fourth-order valence-corrected chi connectivity index (χ4v) is 2.26. The van der Waals surface area contributed by atoms with Gasteiger partial charge in [0.05, 0.1) is 12.2 Å². The zero-order valence-electron chi connectivity index (χ0n) is 10.1. The van der Waals surface area contributed by atoms with E-state index >= 15 is 0 Å². The maximum Gasteiger partial charge on any atom is 0.171 e. The van der Waals surface area contributed by atoms with Crippen molar-refractivity contribution in [2.75, 3.05) is 27.2 Å². The van der Waals surface area contributed by atoms with E-state index in [9.17, 15) is 4.79 Å². The molecule has 0 bridgehead atoms. The molecule has 1 aliphatic rings. The van der Waals surface area contributed by atoms with Gasteiger partial charge < -0.3 is 9.64 Å². The van der Waals surface area contributed by atoms with E-state index in [2.05, 4.69) is 0 Å². The molecular formula is C13H16ClNO2. The molecule has 0 aromatic heterocycles. The van der Waals surface area contributed by atoms with Crippen LogP contribution in [0.2, 0.25) is 5.02 Å². The molecule has 1 unspecified atom stereocenters. The van der Waals surface area contributed by atoms with Crippen LogP contribution in [0, 0.1) is 5.92 Å². The Morgan fingerprint density at radius 2 is 2.24 bits per heavy atom. The first kappa shape index (κ1) is 12.4. The molecule has 2 rings (SSSR count). The third kappa shape index (κ3) is 2.79. The number of hydrogen-bond donors (Lipinski definition) is 0. The lowest BCUT2D eigenvalue weighted by Crippen LogP contribution is -2.27. The molecule has 0 aliphatic carbocycles. The molecule has 17 heavy (non-hydrogen) atoms. The third-order valence-corrected chi connectivity index (χ3v) is 3.12. The normalized spacial score (nSPS) is 19.8. The van der Waals surface area contributed by atoms with Gasteiger partial charge in [0.15, 0.2) is 5.78 Å². The second-order valence-corrected chi connectivity index (χ2v) is 5.04. The number of nitrogens with zero attached hydrogens (tertiary/aromatic N) is 1. The molecule has 0 saturated carbocycles. The topological polar surface area (TPSA) is 29.5 Å². The predicted molar refractivity (Wildman–Crippen MR) is 67.9 cm³/mol. The molecule has 4 heteroatoms. The molecular weight excluding hydrogens is 238 g/mol. The molecule has 0 spiro atoms. The van der Waals surface area contributed by atoms with E-state index in [1.54, 1.807) is 18.2 Å². The summed E-state index contributed by atoms with van der Waals surface area (Å²) in [5.74, 6) is 0.777. The number of carbonyl (C=O) groups is 1. The fourth-order valence-electron chi connectivity index (χ4n) is 2.10. The minimum absolute atomic E-state index is 0.00688. The molecule has 3 nitrogen and oxygen atoms in total. The minimum Gasteiger partial charge on any atom is -0.493 e. The Morgan fingerprint density at radius 3 is 2.94 bits per heavy atom. The van der Waals surface area contributed by atoms with Crippen LogP contribution in [0.5, 0.6) is 5.75 Å². The number of fused-ring (bicyclic) bond motifs is 1. The van der Waals surface area contributed by atoms with Crippen LogP contribution in [-0.2, 0) is 0 Å². The Labute approximate surface area is 106 Å². The Balaban J connectivity index is 2.30. The van der Waals surface area contributed by atoms with Gasteiger partial charge in [-0.05, 0) is 38.7 Å². The van der Waals surface area contributed by atoms with Crippen molar-refractivity contribution in [3.05, 3.63) is 28.8 Å². The van der Waals surface area contributed by atoms with Crippen molar-refractivity contribution in [1.29, 1.82) is 0 Å². The van der Waals surface area contributed by atoms with Gasteiger partial charge in [0, 0.05) is 17.5 Å². The first-order chi connectivity index (χ1) is 8.08. The molecule has 0 N–H and O–H groups in total. The van der Waals surface area contributed by atoms with Crippen molar-refractivity contribution in [3.8, 4) is 5.75 Å². The maximum absolute atomic E-state index is 12.3. The highest BCUT2D eigenvalue weighted by atomic mass is 35.5. The lowest BCUT2D eigenvalue weighted by atomic mass is 9.95. The van der Waals surface area contributed by atoms with Crippen molar-refractivity contribution in [3.63, 3.8) is 0 Å². The van der Waals surface area contributed by atoms with Crippen LogP contribution >= 0.6 is 11.6 Å². The van der Waals surface area contributed by atoms with Gasteiger partial charge in [0.25, 0.3) is 0 Å². The molecule has 0 amide bonds. The molecule has 1 aromatic rings. The van der Waals surface area contributed by atoms with Gasteiger partial charge >= 0.3 is 0 Å². The molecule has 1 aliphatic heterocycles. The second kappa shape index (κ2) is 5.07. The van der Waals surface area contributed by atoms with Gasteiger partial charge in [-0.2, -0.15) is 0 Å². The predicted octanol–water partition coefficient (Wildman–Crippen LogP) is 2.48. The summed E-state index contributed by atoms with van der Waals surface area (Å²) >= 11 is 5.90. The first-order valence-electron chi connectivity index (χ1n) is 5.69. The number of benzene rings is 1. The number of ketones is 1. The summed E-state index contributed by atoms with van der Waals surface area (Å²) in [5.41, 5.74) is 0.652. The summed E-state index contributed by atoms with van der Waals surface area (Å²) in [6.07, 6.45) is 0.753. The zero-order valence-corrected chi connectivity index (χ0v) is 10.8. The SMILES string of the molecule is CN(C)CC1CCOc2cc(Cl)ccc2C1=O. The zero-order chi connectivity index (χ0) is 12.4. The highest BCUT2D eigenvalue weighted by Gasteiger charge is 2.26. The molecule has 1 atom stereocenters. The second-order valence-electron chi connectivity index (χ2n) is 4.60. The number of hydrogen-bond acceptors (Lipinski definition) is 3. The van der Waals surface area contributed by atoms with Crippen molar-refractivity contribution in [2.24, 2.45) is 5.92 Å². The summed E-state index contributed by atoms with van der Waals surface area (Å²) in [4.78, 5) is 14.4. The standard InChI is InChI=1S/C13H16ClNO2/c1-15(2)8-9-5-6-17-12-7-10(14)3-4-11(12)13(9)16/h3-4,7,9H,5-6,8H2,1-2H3. The smallest absolute Gasteiger partial charge is 0.171 e. The van der Waals surface area contributed by atoms with Gasteiger partial charge in [0.2, 0.25) is 0 Å². The van der Waals surface area contributed by atoms with Crippen LogP contribution in [0.1, 0.15) is 16.8 Å². The van der Waals surface area contributed by atoms with Crippen LogP contribution in [0.15, 0.2) is 18.2 Å². The number of carbonyl (C=O) groups excluding carboxylic acids is 1. The largest absolute Gasteiger partial charge is 0.493 e. The van der Waals surface area contributed by atoms with Gasteiger partial charge in [-0.1, -0.05) is 11.6 Å². The van der Waals surface area contributed by atoms with E-state index in [0.717, 1.165) is 13.0 Å². The molecule has 92 valence electrons. The molecule has 1 heterocycles. The Hall–Kier alpha value is -1.06. The summed E-state index contributed by atoms with van der Waals surface area (Å²) in [6, 6.07) is 5.21. The fraction of sp³-hybridized carbons (Fsp3) is 0.462. The molecule has 1 aromatic carbocycles. The highest BCUT2D eigenvalue weighted by molar-refractivity contribution is 6.30. The highest BCUT2D eigenvalue weighted by Crippen LogP contribution is 2.29. The monoisotopic (exact) mass is 253 g/mol. The van der Waals surface area contributed by atoms with Crippen molar-refractivity contribution in [1.82, 2.24) is 4.90 Å². The lowest BCUT2D eigenvalue weighted by molar-refractivity contribution is 0.0891. The van der Waals surface area contributed by atoms with Crippen LogP contribution in [0.4, 0.5) is 0 Å². The number of ether oxygens (including phenoxy) is 1. The quantitative estimate of drug-likeness (QED) is 0.811. The number of Topliss-reactive ketones (excluding diaryl/α,β-unsaturated/α-hetero) is 1. The van der Waals surface area contributed by atoms with Gasteiger partial charge in [-0.3, -0.25) is 4.79 Å². The average Bonchev–Trinajstić information content (AvgIpc) is 2.39. The van der Waals surface area contributed by atoms with Crippen LogP contribution in [0.3, 0.4) is 0 Å². The minimum atomic E-state index is 0.00688. The van der Waals surface area contributed by atoms with Crippen molar-refractivity contribution >= 4 is 17.4 Å². The first-order valence-corrected chi connectivity index (χ1v) is 6.07. The lowest BCUT2D eigenvalue weighted by Gasteiger charge is -2.17. The van der Waals surface area contributed by atoms with Gasteiger partial charge in [-0.25, -0.2) is 0 Å². The number of rotatable bonds is 2. The van der Waals surface area contributed by atoms with Crippen LogP contribution in [0.25, 0.3) is 0 Å². The molecule has 0 fully saturated rings. The Bertz CT molecular complexity index is 431. The van der Waals surface area contributed by atoms with E-state index in [1.807, 2.05) is 19.0 Å². The molecule has 0 saturated heterocycles.